The second-order valence-corrected chi connectivity index (χ2v) is 8.08. The van der Waals surface area contributed by atoms with Crippen LogP contribution in [0.25, 0.3) is 11.4 Å². The molecule has 0 N–H and O–H groups in total. The summed E-state index contributed by atoms with van der Waals surface area (Å²) in [6.07, 6.45) is 3.98. The summed E-state index contributed by atoms with van der Waals surface area (Å²) in [7, 11) is 0. The van der Waals surface area contributed by atoms with Gasteiger partial charge in [0, 0.05) is 25.2 Å². The monoisotopic (exact) mass is 404 g/mol. The molecule has 0 spiro atoms. The zero-order chi connectivity index (χ0) is 20.1. The summed E-state index contributed by atoms with van der Waals surface area (Å²) in [6.45, 7) is 6.13. The summed E-state index contributed by atoms with van der Waals surface area (Å²) in [5.41, 5.74) is 1.99. The second-order valence-electron chi connectivity index (χ2n) is 7.01. The van der Waals surface area contributed by atoms with Gasteiger partial charge in [-0.05, 0) is 18.4 Å². The predicted octanol–water partition coefficient (Wildman–Crippen LogP) is 4.59. The number of hydrogen-bond donors (Lipinski definition) is 0. The average Bonchev–Trinajstić information content (AvgIpc) is 3.44. The highest BCUT2D eigenvalue weighted by Crippen LogP contribution is 2.38. The number of nitrogens with zero attached hydrogens (tertiary/aromatic N) is 4. The molecular formula is C23H24N4OS. The first-order valence-corrected chi connectivity index (χ1v) is 10.8. The molecule has 0 aliphatic carbocycles. The van der Waals surface area contributed by atoms with E-state index in [9.17, 15) is 4.79 Å². The van der Waals surface area contributed by atoms with Gasteiger partial charge in [-0.1, -0.05) is 78.5 Å². The molecule has 1 amide bonds. The SMILES string of the molecule is C=CCn1c(SC(C(=O)N2CCCC2)c2ccccc2)nnc1-c1ccccc1. The number of hydrogen-bond acceptors (Lipinski definition) is 4. The number of carbonyl (C=O) groups is 1. The lowest BCUT2D eigenvalue weighted by atomic mass is 10.1. The number of rotatable bonds is 7. The van der Waals surface area contributed by atoms with Crippen LogP contribution in [0.5, 0.6) is 0 Å². The van der Waals surface area contributed by atoms with Crippen LogP contribution in [-0.4, -0.2) is 38.7 Å². The van der Waals surface area contributed by atoms with Crippen LogP contribution >= 0.6 is 11.8 Å². The molecule has 0 saturated carbocycles. The topological polar surface area (TPSA) is 51.0 Å². The lowest BCUT2D eigenvalue weighted by Crippen LogP contribution is -2.31. The largest absolute Gasteiger partial charge is 0.341 e. The third-order valence-electron chi connectivity index (χ3n) is 5.03. The van der Waals surface area contributed by atoms with E-state index in [1.165, 1.54) is 11.8 Å². The zero-order valence-corrected chi connectivity index (χ0v) is 17.1. The molecule has 2 aromatic carbocycles. The van der Waals surface area contributed by atoms with Crippen molar-refractivity contribution in [1.82, 2.24) is 19.7 Å². The van der Waals surface area contributed by atoms with Gasteiger partial charge in [0.25, 0.3) is 0 Å². The van der Waals surface area contributed by atoms with Crippen molar-refractivity contribution in [2.45, 2.75) is 29.8 Å². The fourth-order valence-corrected chi connectivity index (χ4v) is 4.70. The van der Waals surface area contributed by atoms with E-state index in [0.717, 1.165) is 48.0 Å². The highest BCUT2D eigenvalue weighted by Gasteiger charge is 2.30. The maximum atomic E-state index is 13.3. The normalized spacial score (nSPS) is 14.7. The molecule has 1 saturated heterocycles. The molecule has 1 aliphatic rings. The Morgan fingerprint density at radius 3 is 2.34 bits per heavy atom. The number of thioether (sulfide) groups is 1. The third-order valence-corrected chi connectivity index (χ3v) is 6.25. The first-order valence-electron chi connectivity index (χ1n) is 9.88. The van der Waals surface area contributed by atoms with Crippen molar-refractivity contribution >= 4 is 17.7 Å². The molecule has 1 unspecified atom stereocenters. The number of amides is 1. The fraction of sp³-hybridized carbons (Fsp3) is 0.261. The highest BCUT2D eigenvalue weighted by molar-refractivity contribution is 8.00. The number of aromatic nitrogens is 3. The molecule has 1 aromatic heterocycles. The first kappa shape index (κ1) is 19.5. The molecule has 4 rings (SSSR count). The maximum absolute atomic E-state index is 13.3. The van der Waals surface area contributed by atoms with Crippen molar-refractivity contribution in [3.63, 3.8) is 0 Å². The van der Waals surface area contributed by atoms with Crippen LogP contribution in [-0.2, 0) is 11.3 Å². The summed E-state index contributed by atoms with van der Waals surface area (Å²) in [4.78, 5) is 15.3. The van der Waals surface area contributed by atoms with Gasteiger partial charge in [-0.25, -0.2) is 0 Å². The maximum Gasteiger partial charge on any atom is 0.240 e. The first-order chi connectivity index (χ1) is 14.3. The Morgan fingerprint density at radius 2 is 1.69 bits per heavy atom. The Morgan fingerprint density at radius 1 is 1.03 bits per heavy atom. The number of carbonyl (C=O) groups excluding carboxylic acids is 1. The van der Waals surface area contributed by atoms with Crippen molar-refractivity contribution in [2.24, 2.45) is 0 Å². The van der Waals surface area contributed by atoms with Crippen molar-refractivity contribution in [2.75, 3.05) is 13.1 Å². The molecule has 6 heteroatoms. The average molecular weight is 405 g/mol. The minimum atomic E-state index is -0.342. The molecule has 2 heterocycles. The van der Waals surface area contributed by atoms with E-state index in [0.29, 0.717) is 6.54 Å². The van der Waals surface area contributed by atoms with Gasteiger partial charge < -0.3 is 4.90 Å². The van der Waals surface area contributed by atoms with Gasteiger partial charge in [0.05, 0.1) is 0 Å². The minimum absolute atomic E-state index is 0.146. The van der Waals surface area contributed by atoms with E-state index in [1.807, 2.05) is 76.2 Å². The second kappa shape index (κ2) is 9.09. The molecular weight excluding hydrogens is 380 g/mol. The lowest BCUT2D eigenvalue weighted by molar-refractivity contribution is -0.129. The zero-order valence-electron chi connectivity index (χ0n) is 16.3. The third kappa shape index (κ3) is 4.27. The number of allylic oxidation sites excluding steroid dienone is 1. The number of likely N-dealkylation sites (tertiary alicyclic amines) is 1. The summed E-state index contributed by atoms with van der Waals surface area (Å²) >= 11 is 1.47. The summed E-state index contributed by atoms with van der Waals surface area (Å²) in [5.74, 6) is 0.932. The number of benzene rings is 2. The van der Waals surface area contributed by atoms with Crippen LogP contribution < -0.4 is 0 Å². The molecule has 1 fully saturated rings. The van der Waals surface area contributed by atoms with Crippen molar-refractivity contribution in [3.8, 4) is 11.4 Å². The molecule has 148 valence electrons. The van der Waals surface area contributed by atoms with Gasteiger partial charge in [-0.3, -0.25) is 9.36 Å². The summed E-state index contributed by atoms with van der Waals surface area (Å²) in [5, 5.41) is 9.26. The van der Waals surface area contributed by atoms with Gasteiger partial charge >= 0.3 is 0 Å². The Kier molecular flexibility index (Phi) is 6.10. The van der Waals surface area contributed by atoms with E-state index in [4.69, 9.17) is 0 Å². The fourth-order valence-electron chi connectivity index (χ4n) is 3.57. The van der Waals surface area contributed by atoms with Gasteiger partial charge in [-0.15, -0.1) is 16.8 Å². The highest BCUT2D eigenvalue weighted by atomic mass is 32.2. The van der Waals surface area contributed by atoms with Gasteiger partial charge in [0.2, 0.25) is 5.91 Å². The predicted molar refractivity (Wildman–Crippen MR) is 117 cm³/mol. The van der Waals surface area contributed by atoms with Crippen LogP contribution in [0, 0.1) is 0 Å². The van der Waals surface area contributed by atoms with Crippen molar-refractivity contribution in [3.05, 3.63) is 78.9 Å². The summed E-state index contributed by atoms with van der Waals surface area (Å²) in [6, 6.07) is 19.9. The van der Waals surface area contributed by atoms with Gasteiger partial charge in [0.15, 0.2) is 11.0 Å². The van der Waals surface area contributed by atoms with E-state index in [1.54, 1.807) is 0 Å². The van der Waals surface area contributed by atoms with E-state index in [-0.39, 0.29) is 11.2 Å². The van der Waals surface area contributed by atoms with Gasteiger partial charge in [-0.2, -0.15) is 0 Å². The van der Waals surface area contributed by atoms with Crippen LogP contribution in [0.4, 0.5) is 0 Å². The Bertz CT molecular complexity index is 965. The quantitative estimate of drug-likeness (QED) is 0.427. The smallest absolute Gasteiger partial charge is 0.240 e. The van der Waals surface area contributed by atoms with Gasteiger partial charge in [0.1, 0.15) is 5.25 Å². The molecule has 3 aromatic rings. The minimum Gasteiger partial charge on any atom is -0.341 e. The Labute approximate surface area is 175 Å². The summed E-state index contributed by atoms with van der Waals surface area (Å²) < 4.78 is 2.03. The molecule has 5 nitrogen and oxygen atoms in total. The van der Waals surface area contributed by atoms with Crippen LogP contribution in [0.3, 0.4) is 0 Å². The van der Waals surface area contributed by atoms with Crippen LogP contribution in [0.2, 0.25) is 0 Å². The lowest BCUT2D eigenvalue weighted by Gasteiger charge is -2.23. The molecule has 0 bridgehead atoms. The van der Waals surface area contributed by atoms with E-state index < -0.39 is 0 Å². The Hall–Kier alpha value is -2.86. The van der Waals surface area contributed by atoms with E-state index in [2.05, 4.69) is 16.8 Å². The molecule has 1 aliphatic heterocycles. The van der Waals surface area contributed by atoms with E-state index >= 15 is 0 Å². The van der Waals surface area contributed by atoms with Crippen LogP contribution in [0.15, 0.2) is 78.5 Å². The molecule has 29 heavy (non-hydrogen) atoms. The van der Waals surface area contributed by atoms with Crippen molar-refractivity contribution in [1.29, 1.82) is 0 Å². The Balaban J connectivity index is 1.69. The van der Waals surface area contributed by atoms with Crippen molar-refractivity contribution < 1.29 is 4.79 Å². The van der Waals surface area contributed by atoms with Crippen LogP contribution in [0.1, 0.15) is 23.7 Å². The molecule has 0 radical (unpaired) electrons. The standard InChI is InChI=1S/C23H24N4OS/c1-2-15-27-21(19-13-7-4-8-14-19)24-25-23(27)29-20(18-11-5-3-6-12-18)22(28)26-16-9-10-17-26/h2-8,11-14,20H,1,9-10,15-17H2. The molecule has 1 atom stereocenters.